The highest BCUT2D eigenvalue weighted by molar-refractivity contribution is 5.58. The molecule has 3 heterocycles. The normalized spacial score (nSPS) is 15.5. The van der Waals surface area contributed by atoms with E-state index in [1.54, 1.807) is 6.92 Å². The number of benzene rings is 1. The molecule has 0 saturated carbocycles. The highest BCUT2D eigenvalue weighted by Gasteiger charge is 2.20. The Kier molecular flexibility index (Phi) is 5.01. The van der Waals surface area contributed by atoms with Gasteiger partial charge in [0.25, 0.3) is 0 Å². The molecule has 0 amide bonds. The molecule has 1 N–H and O–H groups in total. The van der Waals surface area contributed by atoms with Gasteiger partial charge in [0.1, 0.15) is 17.3 Å². The summed E-state index contributed by atoms with van der Waals surface area (Å²) in [5, 5.41) is 14.2. The molecule has 0 saturated heterocycles. The van der Waals surface area contributed by atoms with Gasteiger partial charge in [-0.1, -0.05) is 0 Å². The highest BCUT2D eigenvalue weighted by atomic mass is 16.5. The number of ether oxygens (including phenoxy) is 1. The predicted octanol–water partition coefficient (Wildman–Crippen LogP) is 3.61. The fourth-order valence-corrected chi connectivity index (χ4v) is 3.40. The van der Waals surface area contributed by atoms with Gasteiger partial charge in [-0.15, -0.1) is 0 Å². The minimum absolute atomic E-state index is 0.529. The lowest BCUT2D eigenvalue weighted by Crippen LogP contribution is -2.33. The van der Waals surface area contributed by atoms with E-state index in [0.717, 1.165) is 60.4 Å². The van der Waals surface area contributed by atoms with Gasteiger partial charge in [0.05, 0.1) is 37.2 Å². The number of furan rings is 1. The van der Waals surface area contributed by atoms with Crippen LogP contribution in [-0.2, 0) is 19.6 Å². The van der Waals surface area contributed by atoms with Gasteiger partial charge in [-0.3, -0.25) is 9.58 Å². The van der Waals surface area contributed by atoms with E-state index in [-0.39, 0.29) is 0 Å². The Morgan fingerprint density at radius 2 is 2.00 bits per heavy atom. The van der Waals surface area contributed by atoms with Crippen molar-refractivity contribution in [3.63, 3.8) is 0 Å². The van der Waals surface area contributed by atoms with Crippen LogP contribution in [0.5, 0.6) is 5.75 Å². The maximum atomic E-state index is 9.72. The molecule has 142 valence electrons. The fourth-order valence-electron chi connectivity index (χ4n) is 3.40. The van der Waals surface area contributed by atoms with E-state index in [9.17, 15) is 5.11 Å². The van der Waals surface area contributed by atoms with Crippen LogP contribution in [0.2, 0.25) is 0 Å². The van der Waals surface area contributed by atoms with Gasteiger partial charge in [0.15, 0.2) is 0 Å². The summed E-state index contributed by atoms with van der Waals surface area (Å²) in [7, 11) is 0. The van der Waals surface area contributed by atoms with Crippen molar-refractivity contribution in [3.05, 3.63) is 59.6 Å². The largest absolute Gasteiger partial charge is 0.494 e. The predicted molar refractivity (Wildman–Crippen MR) is 102 cm³/mol. The molecule has 1 aliphatic rings. The van der Waals surface area contributed by atoms with Gasteiger partial charge in [-0.2, -0.15) is 5.10 Å². The van der Waals surface area contributed by atoms with Crippen LogP contribution in [-0.4, -0.2) is 32.9 Å². The quantitative estimate of drug-likeness (QED) is 0.721. The van der Waals surface area contributed by atoms with Crippen LogP contribution in [0, 0.1) is 0 Å². The first-order valence-corrected chi connectivity index (χ1v) is 9.41. The summed E-state index contributed by atoms with van der Waals surface area (Å²) in [4.78, 5) is 2.34. The number of nitrogens with zero attached hydrogens (tertiary/aromatic N) is 3. The van der Waals surface area contributed by atoms with Crippen molar-refractivity contribution in [2.45, 2.75) is 39.6 Å². The van der Waals surface area contributed by atoms with Crippen molar-refractivity contribution in [2.75, 3.05) is 13.2 Å². The van der Waals surface area contributed by atoms with Crippen molar-refractivity contribution >= 4 is 0 Å². The summed E-state index contributed by atoms with van der Waals surface area (Å²) in [5.41, 5.74) is 2.92. The zero-order valence-corrected chi connectivity index (χ0v) is 15.8. The lowest BCUT2D eigenvalue weighted by Gasteiger charge is -2.26. The lowest BCUT2D eigenvalue weighted by molar-refractivity contribution is 0.185. The molecule has 3 aromatic rings. The van der Waals surface area contributed by atoms with Crippen LogP contribution in [0.25, 0.3) is 11.3 Å². The van der Waals surface area contributed by atoms with E-state index in [1.165, 1.54) is 0 Å². The Labute approximate surface area is 159 Å². The molecule has 0 radical (unpaired) electrons. The van der Waals surface area contributed by atoms with Crippen LogP contribution in [0.15, 0.2) is 46.9 Å². The van der Waals surface area contributed by atoms with Crippen LogP contribution >= 0.6 is 0 Å². The number of aliphatic hydroxyl groups is 1. The van der Waals surface area contributed by atoms with Gasteiger partial charge in [0, 0.05) is 18.7 Å². The number of aromatic nitrogens is 2. The number of rotatable bonds is 6. The van der Waals surface area contributed by atoms with Gasteiger partial charge in [-0.25, -0.2) is 0 Å². The van der Waals surface area contributed by atoms with E-state index in [2.05, 4.69) is 10.00 Å². The summed E-state index contributed by atoms with van der Waals surface area (Å²) in [5.74, 6) is 2.68. The molecule has 6 heteroatoms. The second-order valence-electron chi connectivity index (χ2n) is 6.89. The van der Waals surface area contributed by atoms with Crippen LogP contribution in [0.1, 0.15) is 37.1 Å². The zero-order chi connectivity index (χ0) is 18.8. The van der Waals surface area contributed by atoms with Crippen LogP contribution in [0.4, 0.5) is 0 Å². The first-order valence-electron chi connectivity index (χ1n) is 9.41. The first kappa shape index (κ1) is 17.8. The Balaban J connectivity index is 1.42. The molecule has 27 heavy (non-hydrogen) atoms. The van der Waals surface area contributed by atoms with Crippen LogP contribution in [0.3, 0.4) is 0 Å². The number of aliphatic hydroxyl groups excluding tert-OH is 1. The standard InChI is InChI=1S/C21H25N3O3/c1-3-26-18-6-4-16(5-7-18)21-9-8-19(27-21)14-23-10-11-24-17(13-23)12-20(22-24)15(2)25/h4-9,12,15,25H,3,10-11,13-14H2,1-2H3. The van der Waals surface area contributed by atoms with Gasteiger partial charge in [0.2, 0.25) is 0 Å². The average Bonchev–Trinajstić information content (AvgIpc) is 3.29. The lowest BCUT2D eigenvalue weighted by atomic mass is 10.2. The monoisotopic (exact) mass is 367 g/mol. The Bertz CT molecular complexity index is 896. The van der Waals surface area contributed by atoms with Gasteiger partial charge in [-0.05, 0) is 56.3 Å². The Morgan fingerprint density at radius 3 is 2.74 bits per heavy atom. The van der Waals surface area contributed by atoms with Crippen molar-refractivity contribution in [2.24, 2.45) is 0 Å². The third-order valence-electron chi connectivity index (χ3n) is 4.81. The molecule has 6 nitrogen and oxygen atoms in total. The second-order valence-corrected chi connectivity index (χ2v) is 6.89. The molecule has 4 rings (SSSR count). The van der Waals surface area contributed by atoms with Crippen LogP contribution < -0.4 is 4.74 Å². The Morgan fingerprint density at radius 1 is 1.19 bits per heavy atom. The summed E-state index contributed by atoms with van der Waals surface area (Å²) in [6.45, 7) is 7.69. The number of fused-ring (bicyclic) bond motifs is 1. The molecule has 0 bridgehead atoms. The van der Waals surface area contributed by atoms with E-state index < -0.39 is 6.10 Å². The topological polar surface area (TPSA) is 63.7 Å². The molecule has 0 fully saturated rings. The molecule has 1 aromatic carbocycles. The van der Waals surface area contributed by atoms with E-state index in [0.29, 0.717) is 6.61 Å². The number of hydrogen-bond donors (Lipinski definition) is 1. The zero-order valence-electron chi connectivity index (χ0n) is 15.8. The maximum absolute atomic E-state index is 9.72. The fraction of sp³-hybridized carbons (Fsp3) is 0.381. The summed E-state index contributed by atoms with van der Waals surface area (Å²) < 4.78 is 13.5. The minimum atomic E-state index is -0.529. The maximum Gasteiger partial charge on any atom is 0.134 e. The SMILES string of the molecule is CCOc1ccc(-c2ccc(CN3CCn4nc(C(C)O)cc4C3)o2)cc1. The van der Waals surface area contributed by atoms with Crippen molar-refractivity contribution in [1.29, 1.82) is 0 Å². The van der Waals surface area contributed by atoms with E-state index >= 15 is 0 Å². The van der Waals surface area contributed by atoms with Crippen molar-refractivity contribution in [3.8, 4) is 17.1 Å². The van der Waals surface area contributed by atoms with E-state index in [4.69, 9.17) is 9.15 Å². The van der Waals surface area contributed by atoms with Gasteiger partial charge >= 0.3 is 0 Å². The summed E-state index contributed by atoms with van der Waals surface area (Å²) in [6, 6.07) is 14.0. The molecular formula is C21H25N3O3. The third-order valence-corrected chi connectivity index (χ3v) is 4.81. The molecular weight excluding hydrogens is 342 g/mol. The summed E-state index contributed by atoms with van der Waals surface area (Å²) >= 11 is 0. The molecule has 0 aliphatic carbocycles. The third kappa shape index (κ3) is 3.91. The van der Waals surface area contributed by atoms with Crippen molar-refractivity contribution in [1.82, 2.24) is 14.7 Å². The van der Waals surface area contributed by atoms with Crippen molar-refractivity contribution < 1.29 is 14.3 Å². The highest BCUT2D eigenvalue weighted by Crippen LogP contribution is 2.26. The number of hydrogen-bond acceptors (Lipinski definition) is 5. The minimum Gasteiger partial charge on any atom is -0.494 e. The average molecular weight is 367 g/mol. The Hall–Kier alpha value is -2.57. The molecule has 1 atom stereocenters. The molecule has 1 aliphatic heterocycles. The molecule has 0 spiro atoms. The van der Waals surface area contributed by atoms with E-state index in [1.807, 2.05) is 54.1 Å². The summed E-state index contributed by atoms with van der Waals surface area (Å²) in [6.07, 6.45) is -0.529. The first-order chi connectivity index (χ1) is 13.1. The molecule has 2 aromatic heterocycles. The smallest absolute Gasteiger partial charge is 0.134 e. The molecule has 1 unspecified atom stereocenters. The van der Waals surface area contributed by atoms with Gasteiger partial charge < -0.3 is 14.3 Å². The second kappa shape index (κ2) is 7.58.